The minimum Gasteiger partial charge on any atom is -0.494 e. The van der Waals surface area contributed by atoms with E-state index in [0.29, 0.717) is 0 Å². The van der Waals surface area contributed by atoms with E-state index in [-0.39, 0.29) is 0 Å². The molecule has 3 heterocycles. The molecule has 0 saturated carbocycles. The van der Waals surface area contributed by atoms with Gasteiger partial charge in [-0.2, -0.15) is 23.5 Å². The fourth-order valence-electron chi connectivity index (χ4n) is 3.11. The summed E-state index contributed by atoms with van der Waals surface area (Å²) in [6, 6.07) is 13.5. The van der Waals surface area contributed by atoms with Gasteiger partial charge in [0.15, 0.2) is 0 Å². The first-order valence-corrected chi connectivity index (χ1v) is 10.8. The largest absolute Gasteiger partial charge is 0.494 e. The smallest absolute Gasteiger partial charge is 0.119 e. The van der Waals surface area contributed by atoms with E-state index in [1.54, 1.807) is 0 Å². The maximum Gasteiger partial charge on any atom is 0.119 e. The predicted octanol–water partition coefficient (Wildman–Crippen LogP) is 5.42. The van der Waals surface area contributed by atoms with Crippen LogP contribution < -0.4 is 9.47 Å². The molecule has 0 radical (unpaired) electrons. The highest BCUT2D eigenvalue weighted by Gasteiger charge is 2.09. The molecule has 0 aliphatic carbocycles. The third kappa shape index (κ3) is 4.22. The lowest BCUT2D eigenvalue weighted by Crippen LogP contribution is -2.03. The van der Waals surface area contributed by atoms with Crippen LogP contribution in [-0.4, -0.2) is 13.2 Å². The molecule has 3 aliphatic heterocycles. The molecule has 5 rings (SSSR count). The van der Waals surface area contributed by atoms with Gasteiger partial charge in [-0.3, -0.25) is 0 Å². The Labute approximate surface area is 152 Å². The molecule has 0 spiro atoms. The van der Waals surface area contributed by atoms with Crippen LogP contribution in [0.15, 0.2) is 36.4 Å². The third-order valence-corrected chi connectivity index (χ3v) is 6.35. The topological polar surface area (TPSA) is 18.5 Å². The molecular formula is C20H22O2S2. The highest BCUT2D eigenvalue weighted by molar-refractivity contribution is 7.98. The minimum absolute atomic E-state index is 0.762. The van der Waals surface area contributed by atoms with Crippen molar-refractivity contribution in [2.24, 2.45) is 0 Å². The first-order chi connectivity index (χ1) is 11.8. The summed E-state index contributed by atoms with van der Waals surface area (Å²) in [5.74, 6) is 6.14. The van der Waals surface area contributed by atoms with Crippen LogP contribution in [0.5, 0.6) is 11.5 Å². The van der Waals surface area contributed by atoms with Crippen LogP contribution in [0.3, 0.4) is 0 Å². The highest BCUT2D eigenvalue weighted by Crippen LogP contribution is 2.30. The van der Waals surface area contributed by atoms with Gasteiger partial charge < -0.3 is 9.47 Å². The van der Waals surface area contributed by atoms with Crippen molar-refractivity contribution in [3.05, 3.63) is 58.7 Å². The van der Waals surface area contributed by atoms with Crippen molar-refractivity contribution in [3.8, 4) is 11.5 Å². The van der Waals surface area contributed by atoms with Gasteiger partial charge in [0.05, 0.1) is 13.2 Å². The molecule has 0 unspecified atom stereocenters. The Bertz CT molecular complexity index is 609. The summed E-state index contributed by atoms with van der Waals surface area (Å²) in [6.45, 7) is 1.52. The molecule has 3 aliphatic rings. The molecule has 0 aromatic heterocycles. The predicted molar refractivity (Wildman–Crippen MR) is 103 cm³/mol. The summed E-state index contributed by atoms with van der Waals surface area (Å²) in [4.78, 5) is 0. The number of hydrogen-bond donors (Lipinski definition) is 0. The van der Waals surface area contributed by atoms with Crippen molar-refractivity contribution >= 4 is 23.5 Å². The molecule has 6 bridgehead atoms. The van der Waals surface area contributed by atoms with Gasteiger partial charge in [-0.1, -0.05) is 12.1 Å². The Morgan fingerprint density at radius 3 is 1.29 bits per heavy atom. The van der Waals surface area contributed by atoms with E-state index in [0.717, 1.165) is 60.6 Å². The molecule has 0 saturated heterocycles. The van der Waals surface area contributed by atoms with Crippen molar-refractivity contribution in [2.75, 3.05) is 13.2 Å². The Kier molecular flexibility index (Phi) is 5.24. The SMILES string of the molecule is c1c2cc3cc1CSCc1cc(cc(c1)OCCCCO3)CSC2. The monoisotopic (exact) mass is 358 g/mol. The van der Waals surface area contributed by atoms with Crippen LogP contribution >= 0.6 is 23.5 Å². The molecule has 126 valence electrons. The Hall–Kier alpha value is -1.26. The van der Waals surface area contributed by atoms with Crippen molar-refractivity contribution in [3.63, 3.8) is 0 Å². The van der Waals surface area contributed by atoms with Gasteiger partial charge in [-0.15, -0.1) is 0 Å². The van der Waals surface area contributed by atoms with E-state index < -0.39 is 0 Å². The van der Waals surface area contributed by atoms with Crippen LogP contribution in [-0.2, 0) is 23.0 Å². The number of thioether (sulfide) groups is 2. The zero-order chi connectivity index (χ0) is 16.2. The van der Waals surface area contributed by atoms with Gasteiger partial charge in [0.25, 0.3) is 0 Å². The maximum absolute atomic E-state index is 6.00. The Balaban J connectivity index is 1.71. The average molecular weight is 359 g/mol. The van der Waals surface area contributed by atoms with E-state index in [9.17, 15) is 0 Å². The van der Waals surface area contributed by atoms with Gasteiger partial charge in [0.1, 0.15) is 11.5 Å². The minimum atomic E-state index is 0.762. The number of hydrogen-bond acceptors (Lipinski definition) is 4. The van der Waals surface area contributed by atoms with Gasteiger partial charge >= 0.3 is 0 Å². The second-order valence-electron chi connectivity index (χ2n) is 6.36. The quantitative estimate of drug-likeness (QED) is 0.626. The molecule has 0 atom stereocenters. The van der Waals surface area contributed by atoms with Gasteiger partial charge in [-0.25, -0.2) is 0 Å². The average Bonchev–Trinajstić information content (AvgIpc) is 2.57. The zero-order valence-corrected chi connectivity index (χ0v) is 15.4. The first-order valence-electron chi connectivity index (χ1n) is 8.52. The first kappa shape index (κ1) is 16.2. The lowest BCUT2D eigenvalue weighted by Gasteiger charge is -2.13. The standard InChI is InChI=1S/C20H22O2S2/c1-2-4-22-20-9-17-6-18(10-20)14-24-12-16-5-15(11-23-13-17)7-19(8-16)21-3-1/h5-10H,1-4,11-14H2. The molecule has 2 aromatic rings. The second kappa shape index (κ2) is 7.75. The van der Waals surface area contributed by atoms with Crippen LogP contribution in [0, 0.1) is 0 Å². The molecule has 4 heteroatoms. The lowest BCUT2D eigenvalue weighted by atomic mass is 10.1. The normalized spacial score (nSPS) is 17.8. The highest BCUT2D eigenvalue weighted by atomic mass is 32.2. The molecular weight excluding hydrogens is 336 g/mol. The van der Waals surface area contributed by atoms with Crippen molar-refractivity contribution in [2.45, 2.75) is 35.9 Å². The summed E-state index contributed by atoms with van der Waals surface area (Å²) >= 11 is 3.93. The Morgan fingerprint density at radius 1 is 0.542 bits per heavy atom. The molecule has 24 heavy (non-hydrogen) atoms. The Morgan fingerprint density at radius 2 is 0.917 bits per heavy atom. The van der Waals surface area contributed by atoms with E-state index in [2.05, 4.69) is 36.4 Å². The number of benzene rings is 2. The van der Waals surface area contributed by atoms with Crippen molar-refractivity contribution in [1.29, 1.82) is 0 Å². The number of rotatable bonds is 0. The van der Waals surface area contributed by atoms with E-state index in [1.165, 1.54) is 22.3 Å². The van der Waals surface area contributed by atoms with E-state index in [4.69, 9.17) is 9.47 Å². The van der Waals surface area contributed by atoms with E-state index in [1.807, 2.05) is 23.5 Å². The molecule has 0 fully saturated rings. The molecule has 2 aromatic carbocycles. The molecule has 0 amide bonds. The molecule has 2 nitrogen and oxygen atoms in total. The number of ether oxygens (including phenoxy) is 2. The summed E-state index contributed by atoms with van der Waals surface area (Å²) in [7, 11) is 0. The maximum atomic E-state index is 6.00. The summed E-state index contributed by atoms with van der Waals surface area (Å²) in [5.41, 5.74) is 5.49. The van der Waals surface area contributed by atoms with Gasteiger partial charge in [-0.05, 0) is 59.4 Å². The van der Waals surface area contributed by atoms with Crippen LogP contribution in [0.25, 0.3) is 0 Å². The molecule has 0 N–H and O–H groups in total. The summed E-state index contributed by atoms with van der Waals surface area (Å²) < 4.78 is 12.0. The van der Waals surface area contributed by atoms with Gasteiger partial charge in [0, 0.05) is 23.0 Å². The summed E-state index contributed by atoms with van der Waals surface area (Å²) in [6.07, 6.45) is 2.05. The van der Waals surface area contributed by atoms with Crippen LogP contribution in [0.4, 0.5) is 0 Å². The zero-order valence-electron chi connectivity index (χ0n) is 13.8. The second-order valence-corrected chi connectivity index (χ2v) is 8.33. The van der Waals surface area contributed by atoms with Crippen molar-refractivity contribution < 1.29 is 9.47 Å². The fourth-order valence-corrected chi connectivity index (χ4v) is 4.93. The van der Waals surface area contributed by atoms with Crippen LogP contribution in [0.1, 0.15) is 35.1 Å². The van der Waals surface area contributed by atoms with E-state index >= 15 is 0 Å². The fraction of sp³-hybridized carbons (Fsp3) is 0.400. The van der Waals surface area contributed by atoms with Crippen LogP contribution in [0.2, 0.25) is 0 Å². The van der Waals surface area contributed by atoms with Crippen molar-refractivity contribution in [1.82, 2.24) is 0 Å². The summed E-state index contributed by atoms with van der Waals surface area (Å²) in [5, 5.41) is 0. The lowest BCUT2D eigenvalue weighted by molar-refractivity contribution is 0.266. The van der Waals surface area contributed by atoms with Gasteiger partial charge in [0.2, 0.25) is 0 Å². The third-order valence-electron chi connectivity index (χ3n) is 4.20. The number of fused-ring (bicyclic) bond motifs is 9.